The van der Waals surface area contributed by atoms with Crippen LogP contribution in [0.25, 0.3) is 0 Å². The fourth-order valence-corrected chi connectivity index (χ4v) is 0. The van der Waals surface area contributed by atoms with Crippen molar-refractivity contribution in [3.05, 3.63) is 0 Å². The van der Waals surface area contributed by atoms with Gasteiger partial charge in [-0.3, -0.25) is 0 Å². The fraction of sp³-hybridized carbons (Fsp3) is 1.00. The highest BCUT2D eigenvalue weighted by atomic mass is 16.5. The Labute approximate surface area is 65.5 Å². The smallest absolute Gasteiger partial charge is 0.0515 e. The third-order valence-electron chi connectivity index (χ3n) is 0.760. The average Bonchev–Trinajstić information content (AvgIpc) is 1.89. The van der Waals surface area contributed by atoms with Crippen LogP contribution < -0.4 is 0 Å². The minimum absolute atomic E-state index is 0. The van der Waals surface area contributed by atoms with Crippen LogP contribution in [0.3, 0.4) is 0 Å². The molecule has 0 radical (unpaired) electrons. The zero-order valence-electron chi connectivity index (χ0n) is 7.10. The molecule has 10 heavy (non-hydrogen) atoms. The van der Waals surface area contributed by atoms with Crippen molar-refractivity contribution in [1.82, 2.24) is 0 Å². The first-order valence-electron chi connectivity index (χ1n) is 3.20. The molecule has 0 aromatic rings. The summed E-state index contributed by atoms with van der Waals surface area (Å²) < 4.78 is 9.29. The molecule has 0 aromatic heterocycles. The first-order chi connectivity index (χ1) is 4.18. The molecule has 0 aromatic carbocycles. The number of rotatable bonds is 2. The molecular formula is C8H22O2. The van der Waals surface area contributed by atoms with Gasteiger partial charge in [0.1, 0.15) is 0 Å². The lowest BCUT2D eigenvalue weighted by atomic mass is 10.5. The van der Waals surface area contributed by atoms with Gasteiger partial charge in [-0.2, -0.15) is 0 Å². The molecule has 0 saturated heterocycles. The molecule has 0 heterocycles. The van der Waals surface area contributed by atoms with Crippen molar-refractivity contribution in [1.29, 1.82) is 0 Å². The maximum absolute atomic E-state index is 4.75. The average molecular weight is 150 g/mol. The monoisotopic (exact) mass is 150 g/mol. The summed E-state index contributed by atoms with van der Waals surface area (Å²) in [6.45, 7) is 6.78. The van der Waals surface area contributed by atoms with E-state index in [1.165, 1.54) is 0 Å². The van der Waals surface area contributed by atoms with Crippen LogP contribution in [-0.2, 0) is 9.47 Å². The van der Waals surface area contributed by atoms with E-state index in [9.17, 15) is 0 Å². The van der Waals surface area contributed by atoms with Crippen molar-refractivity contribution >= 4 is 0 Å². The van der Waals surface area contributed by atoms with E-state index in [2.05, 4.69) is 4.74 Å². The molecule has 66 valence electrons. The van der Waals surface area contributed by atoms with Gasteiger partial charge >= 0.3 is 0 Å². The third kappa shape index (κ3) is 44.5. The molecule has 0 aliphatic carbocycles. The molecule has 2 nitrogen and oxygen atoms in total. The highest BCUT2D eigenvalue weighted by Crippen LogP contribution is 1.77. The van der Waals surface area contributed by atoms with E-state index in [4.69, 9.17) is 4.74 Å². The maximum Gasteiger partial charge on any atom is 0.0515 e. The quantitative estimate of drug-likeness (QED) is 0.601. The topological polar surface area (TPSA) is 18.5 Å². The van der Waals surface area contributed by atoms with Crippen LogP contribution >= 0.6 is 0 Å². The van der Waals surface area contributed by atoms with Crippen LogP contribution in [0.15, 0.2) is 0 Å². The van der Waals surface area contributed by atoms with Gasteiger partial charge in [0.2, 0.25) is 0 Å². The SMILES string of the molecule is C.CCOC.COC(C)C. The first kappa shape index (κ1) is 16.5. The Kier molecular flexibility index (Phi) is 26.3. The Morgan fingerprint density at radius 3 is 1.40 bits per heavy atom. The summed E-state index contributed by atoms with van der Waals surface area (Å²) >= 11 is 0. The first-order valence-corrected chi connectivity index (χ1v) is 3.20. The maximum atomic E-state index is 4.75. The highest BCUT2D eigenvalue weighted by Gasteiger charge is 1.78. The Hall–Kier alpha value is -0.0800. The summed E-state index contributed by atoms with van der Waals surface area (Å²) in [5.74, 6) is 0. The van der Waals surface area contributed by atoms with E-state index < -0.39 is 0 Å². The van der Waals surface area contributed by atoms with E-state index in [1.54, 1.807) is 14.2 Å². The van der Waals surface area contributed by atoms with Crippen LogP contribution in [0.5, 0.6) is 0 Å². The summed E-state index contributed by atoms with van der Waals surface area (Å²) in [5.41, 5.74) is 0. The van der Waals surface area contributed by atoms with Crippen molar-refractivity contribution in [3.63, 3.8) is 0 Å². The lowest BCUT2D eigenvalue weighted by Gasteiger charge is -1.94. The summed E-state index contributed by atoms with van der Waals surface area (Å²) in [4.78, 5) is 0. The molecule has 0 bridgehead atoms. The minimum Gasteiger partial charge on any atom is -0.385 e. The van der Waals surface area contributed by atoms with Crippen LogP contribution in [-0.4, -0.2) is 26.9 Å². The van der Waals surface area contributed by atoms with E-state index in [0.29, 0.717) is 6.10 Å². The number of ether oxygens (including phenoxy) is 2. The zero-order valence-corrected chi connectivity index (χ0v) is 7.10. The van der Waals surface area contributed by atoms with Gasteiger partial charge in [-0.1, -0.05) is 7.43 Å². The Morgan fingerprint density at radius 2 is 1.40 bits per heavy atom. The second-order valence-electron chi connectivity index (χ2n) is 1.86. The lowest BCUT2D eigenvalue weighted by molar-refractivity contribution is 0.134. The van der Waals surface area contributed by atoms with E-state index >= 15 is 0 Å². The standard InChI is InChI=1S/C4H10O.C3H8O.CH4/c1-4(2)5-3;1-3-4-2;/h4H,1-3H3;3H2,1-2H3;1H4. The second-order valence-corrected chi connectivity index (χ2v) is 1.86. The summed E-state index contributed by atoms with van der Waals surface area (Å²) in [6.07, 6.45) is 0.384. The van der Waals surface area contributed by atoms with Gasteiger partial charge in [0, 0.05) is 20.8 Å². The van der Waals surface area contributed by atoms with Crippen molar-refractivity contribution in [2.24, 2.45) is 0 Å². The van der Waals surface area contributed by atoms with Crippen molar-refractivity contribution in [3.8, 4) is 0 Å². The Morgan fingerprint density at radius 1 is 1.20 bits per heavy atom. The molecule has 2 heteroatoms. The molecule has 0 amide bonds. The van der Waals surface area contributed by atoms with E-state index in [-0.39, 0.29) is 7.43 Å². The molecule has 0 fully saturated rings. The highest BCUT2D eigenvalue weighted by molar-refractivity contribution is 4.27. The molecule has 0 rings (SSSR count). The Bertz CT molecular complexity index is 34.2. The second kappa shape index (κ2) is 16.0. The Balaban J connectivity index is -0.0000000910. The van der Waals surface area contributed by atoms with Crippen LogP contribution in [0.1, 0.15) is 28.2 Å². The largest absolute Gasteiger partial charge is 0.385 e. The zero-order chi connectivity index (χ0) is 7.70. The van der Waals surface area contributed by atoms with E-state index in [0.717, 1.165) is 6.61 Å². The summed E-state index contributed by atoms with van der Waals surface area (Å²) in [6, 6.07) is 0. The third-order valence-corrected chi connectivity index (χ3v) is 0.760. The normalized spacial score (nSPS) is 7.80. The van der Waals surface area contributed by atoms with Gasteiger partial charge in [0.05, 0.1) is 6.10 Å². The van der Waals surface area contributed by atoms with Crippen molar-refractivity contribution < 1.29 is 9.47 Å². The molecule has 0 atom stereocenters. The van der Waals surface area contributed by atoms with Gasteiger partial charge in [0.25, 0.3) is 0 Å². The predicted molar refractivity (Wildman–Crippen MR) is 46.4 cm³/mol. The van der Waals surface area contributed by atoms with Gasteiger partial charge < -0.3 is 9.47 Å². The van der Waals surface area contributed by atoms with Gasteiger partial charge in [-0.25, -0.2) is 0 Å². The molecule has 0 N–H and O–H groups in total. The van der Waals surface area contributed by atoms with Crippen LogP contribution in [0.4, 0.5) is 0 Å². The van der Waals surface area contributed by atoms with E-state index in [1.807, 2.05) is 20.8 Å². The minimum atomic E-state index is 0. The molecular weight excluding hydrogens is 128 g/mol. The van der Waals surface area contributed by atoms with Gasteiger partial charge in [-0.05, 0) is 20.8 Å². The molecule has 0 aliphatic rings. The van der Waals surface area contributed by atoms with Crippen molar-refractivity contribution in [2.75, 3.05) is 20.8 Å². The van der Waals surface area contributed by atoms with Crippen LogP contribution in [0, 0.1) is 0 Å². The van der Waals surface area contributed by atoms with Crippen molar-refractivity contribution in [2.45, 2.75) is 34.3 Å². The predicted octanol–water partition coefficient (Wildman–Crippen LogP) is 2.33. The summed E-state index contributed by atoms with van der Waals surface area (Å²) in [7, 11) is 3.38. The summed E-state index contributed by atoms with van der Waals surface area (Å²) in [5, 5.41) is 0. The van der Waals surface area contributed by atoms with Gasteiger partial charge in [-0.15, -0.1) is 0 Å². The fourth-order valence-electron chi connectivity index (χ4n) is 0. The number of methoxy groups -OCH3 is 2. The van der Waals surface area contributed by atoms with Gasteiger partial charge in [0.15, 0.2) is 0 Å². The number of hydrogen-bond acceptors (Lipinski definition) is 2. The number of hydrogen-bond donors (Lipinski definition) is 0. The molecule has 0 unspecified atom stereocenters. The lowest BCUT2D eigenvalue weighted by Crippen LogP contribution is -1.94. The molecule has 0 aliphatic heterocycles. The molecule has 0 saturated carbocycles. The van der Waals surface area contributed by atoms with Crippen LogP contribution in [0.2, 0.25) is 0 Å². The molecule has 0 spiro atoms.